The molecule has 1 fully saturated rings. The van der Waals surface area contributed by atoms with E-state index in [1.807, 2.05) is 24.3 Å². The van der Waals surface area contributed by atoms with Crippen molar-refractivity contribution in [2.75, 3.05) is 69.5 Å². The summed E-state index contributed by atoms with van der Waals surface area (Å²) in [6, 6.07) is 12.6. The quantitative estimate of drug-likeness (QED) is 0.590. The zero-order chi connectivity index (χ0) is 23.3. The van der Waals surface area contributed by atoms with Crippen molar-refractivity contribution in [3.8, 4) is 17.2 Å². The lowest BCUT2D eigenvalue weighted by atomic mass is 10.2. The van der Waals surface area contributed by atoms with Gasteiger partial charge in [0, 0.05) is 37.9 Å². The second kappa shape index (κ2) is 9.99. The van der Waals surface area contributed by atoms with E-state index in [1.54, 1.807) is 30.2 Å². The molecule has 9 nitrogen and oxygen atoms in total. The maximum Gasteiger partial charge on any atom is 0.243 e. The van der Waals surface area contributed by atoms with Crippen molar-refractivity contribution in [3.63, 3.8) is 0 Å². The molecule has 10 heteroatoms. The number of carbonyl (C=O) groups is 1. The third-order valence-corrected chi connectivity index (χ3v) is 6.53. The van der Waals surface area contributed by atoms with Crippen molar-refractivity contribution >= 4 is 27.3 Å². The highest BCUT2D eigenvalue weighted by Gasteiger charge is 2.28. The average Bonchev–Trinajstić information content (AvgIpc) is 2.81. The number of methoxy groups -OCH3 is 3. The molecule has 0 unspecified atom stereocenters. The van der Waals surface area contributed by atoms with Crippen molar-refractivity contribution < 1.29 is 27.4 Å². The minimum Gasteiger partial charge on any atom is -0.497 e. The molecular formula is C22H29N3O6S. The Morgan fingerprint density at radius 2 is 1.50 bits per heavy atom. The Balaban J connectivity index is 1.72. The summed E-state index contributed by atoms with van der Waals surface area (Å²) in [5.41, 5.74) is 1.32. The van der Waals surface area contributed by atoms with Crippen LogP contribution in [0.4, 0.5) is 11.4 Å². The summed E-state index contributed by atoms with van der Waals surface area (Å²) < 4.78 is 41.9. The maximum atomic E-state index is 13.0. The van der Waals surface area contributed by atoms with Crippen LogP contribution in [0.3, 0.4) is 0 Å². The monoisotopic (exact) mass is 463 g/mol. The van der Waals surface area contributed by atoms with Gasteiger partial charge >= 0.3 is 0 Å². The summed E-state index contributed by atoms with van der Waals surface area (Å²) >= 11 is 0. The molecule has 0 atom stereocenters. The predicted octanol–water partition coefficient (Wildman–Crippen LogP) is 1.83. The minimum absolute atomic E-state index is 0.263. The van der Waals surface area contributed by atoms with E-state index >= 15 is 0 Å². The van der Waals surface area contributed by atoms with Gasteiger partial charge in [0.05, 0.1) is 33.3 Å². The second-order valence-corrected chi connectivity index (χ2v) is 9.28. The lowest BCUT2D eigenvalue weighted by Crippen LogP contribution is -2.52. The molecule has 1 aliphatic heterocycles. The largest absolute Gasteiger partial charge is 0.497 e. The van der Waals surface area contributed by atoms with Gasteiger partial charge in [0.15, 0.2) is 0 Å². The fourth-order valence-electron chi connectivity index (χ4n) is 3.60. The van der Waals surface area contributed by atoms with Crippen molar-refractivity contribution in [2.45, 2.75) is 0 Å². The fourth-order valence-corrected chi connectivity index (χ4v) is 4.45. The van der Waals surface area contributed by atoms with Crippen molar-refractivity contribution in [1.82, 2.24) is 4.90 Å². The van der Waals surface area contributed by atoms with E-state index in [4.69, 9.17) is 14.2 Å². The van der Waals surface area contributed by atoms with Crippen LogP contribution in [0.25, 0.3) is 0 Å². The van der Waals surface area contributed by atoms with Crippen molar-refractivity contribution in [3.05, 3.63) is 42.5 Å². The maximum absolute atomic E-state index is 13.0. The molecule has 1 heterocycles. The number of rotatable bonds is 8. The lowest BCUT2D eigenvalue weighted by Gasteiger charge is -2.37. The Kier molecular flexibility index (Phi) is 7.34. The number of nitrogens with zero attached hydrogens (tertiary/aromatic N) is 3. The normalized spacial score (nSPS) is 14.1. The van der Waals surface area contributed by atoms with Gasteiger partial charge in [-0.05, 0) is 36.4 Å². The molecule has 3 rings (SSSR count). The highest BCUT2D eigenvalue weighted by atomic mass is 32.2. The van der Waals surface area contributed by atoms with Gasteiger partial charge in [-0.2, -0.15) is 0 Å². The first-order chi connectivity index (χ1) is 15.3. The Bertz CT molecular complexity index is 1030. The summed E-state index contributed by atoms with van der Waals surface area (Å²) in [6.45, 7) is 1.99. The van der Waals surface area contributed by atoms with E-state index in [0.717, 1.165) is 22.0 Å². The Morgan fingerprint density at radius 3 is 2.03 bits per heavy atom. The number of carbonyl (C=O) groups excluding carboxylic acids is 1. The van der Waals surface area contributed by atoms with Gasteiger partial charge in [-0.25, -0.2) is 8.42 Å². The molecule has 2 aromatic rings. The van der Waals surface area contributed by atoms with Crippen LogP contribution >= 0.6 is 0 Å². The molecule has 0 saturated carbocycles. The first kappa shape index (κ1) is 23.5. The molecule has 32 heavy (non-hydrogen) atoms. The predicted molar refractivity (Wildman–Crippen MR) is 124 cm³/mol. The SMILES string of the molecule is COc1ccc(N2CCN(C(=O)CN(c3cc(OC)ccc3OC)S(C)(=O)=O)CC2)cc1. The summed E-state index contributed by atoms with van der Waals surface area (Å²) in [5, 5.41) is 0. The van der Waals surface area contributed by atoms with Crippen LogP contribution in [0.15, 0.2) is 42.5 Å². The van der Waals surface area contributed by atoms with Gasteiger partial charge in [-0.1, -0.05) is 0 Å². The third kappa shape index (κ3) is 5.37. The first-order valence-electron chi connectivity index (χ1n) is 10.1. The molecule has 0 bridgehead atoms. The second-order valence-electron chi connectivity index (χ2n) is 7.37. The standard InChI is InChI=1S/C22H29N3O6S/c1-29-18-7-5-17(6-8-18)23-11-13-24(14-12-23)22(26)16-25(32(4,27)28)20-15-19(30-2)9-10-21(20)31-3/h5-10,15H,11-14,16H2,1-4H3. The fraction of sp³-hybridized carbons (Fsp3) is 0.409. The number of ether oxygens (including phenoxy) is 3. The van der Waals surface area contributed by atoms with Gasteiger partial charge in [0.1, 0.15) is 23.8 Å². The number of piperazine rings is 1. The smallest absolute Gasteiger partial charge is 0.243 e. The van der Waals surface area contributed by atoms with Crippen LogP contribution in [0.5, 0.6) is 17.2 Å². The minimum atomic E-state index is -3.74. The number of hydrogen-bond acceptors (Lipinski definition) is 7. The first-order valence-corrected chi connectivity index (χ1v) is 12.0. The van der Waals surface area contributed by atoms with Crippen LogP contribution in [0.1, 0.15) is 0 Å². The highest BCUT2D eigenvalue weighted by Crippen LogP contribution is 2.33. The van der Waals surface area contributed by atoms with Crippen LogP contribution in [0, 0.1) is 0 Å². The zero-order valence-electron chi connectivity index (χ0n) is 18.8. The molecule has 2 aromatic carbocycles. The molecule has 1 amide bonds. The van der Waals surface area contributed by atoms with Crippen LogP contribution in [-0.2, 0) is 14.8 Å². The van der Waals surface area contributed by atoms with E-state index in [0.29, 0.717) is 37.7 Å². The average molecular weight is 464 g/mol. The Labute approximate surface area is 189 Å². The van der Waals surface area contributed by atoms with Crippen molar-refractivity contribution in [2.24, 2.45) is 0 Å². The topological polar surface area (TPSA) is 88.6 Å². The van der Waals surface area contributed by atoms with E-state index in [-0.39, 0.29) is 18.1 Å². The summed E-state index contributed by atoms with van der Waals surface area (Å²) in [4.78, 5) is 16.9. The van der Waals surface area contributed by atoms with E-state index in [1.165, 1.54) is 14.2 Å². The molecular weight excluding hydrogens is 434 g/mol. The van der Waals surface area contributed by atoms with Crippen molar-refractivity contribution in [1.29, 1.82) is 0 Å². The number of sulfonamides is 1. The van der Waals surface area contributed by atoms with Gasteiger partial charge in [-0.15, -0.1) is 0 Å². The Hall–Kier alpha value is -3.14. The molecule has 0 spiro atoms. The summed E-state index contributed by atoms with van der Waals surface area (Å²) in [6.07, 6.45) is 1.07. The van der Waals surface area contributed by atoms with Gasteiger partial charge in [0.2, 0.25) is 15.9 Å². The van der Waals surface area contributed by atoms with Gasteiger partial charge in [-0.3, -0.25) is 9.10 Å². The van der Waals surface area contributed by atoms with Crippen LogP contribution in [0.2, 0.25) is 0 Å². The van der Waals surface area contributed by atoms with Gasteiger partial charge in [0.25, 0.3) is 0 Å². The molecule has 174 valence electrons. The number of anilines is 2. The number of benzene rings is 2. The van der Waals surface area contributed by atoms with E-state index < -0.39 is 10.0 Å². The molecule has 1 saturated heterocycles. The third-order valence-electron chi connectivity index (χ3n) is 5.40. The van der Waals surface area contributed by atoms with Crippen LogP contribution in [-0.4, -0.2) is 79.5 Å². The lowest BCUT2D eigenvalue weighted by molar-refractivity contribution is -0.129. The number of hydrogen-bond donors (Lipinski definition) is 0. The Morgan fingerprint density at radius 1 is 0.906 bits per heavy atom. The molecule has 0 radical (unpaired) electrons. The van der Waals surface area contributed by atoms with Crippen LogP contribution < -0.4 is 23.4 Å². The van der Waals surface area contributed by atoms with E-state index in [9.17, 15) is 13.2 Å². The zero-order valence-corrected chi connectivity index (χ0v) is 19.6. The summed E-state index contributed by atoms with van der Waals surface area (Å²) in [5.74, 6) is 1.33. The molecule has 1 aliphatic rings. The molecule has 0 N–H and O–H groups in total. The molecule has 0 aromatic heterocycles. The molecule has 0 aliphatic carbocycles. The number of amides is 1. The van der Waals surface area contributed by atoms with Gasteiger partial charge < -0.3 is 24.0 Å². The summed E-state index contributed by atoms with van der Waals surface area (Å²) in [7, 11) is 0.824. The highest BCUT2D eigenvalue weighted by molar-refractivity contribution is 7.92. The van der Waals surface area contributed by atoms with E-state index in [2.05, 4.69) is 4.90 Å².